The fourth-order valence-corrected chi connectivity index (χ4v) is 1.26. The number of hydrogen-bond acceptors (Lipinski definition) is 5. The van der Waals surface area contributed by atoms with Crippen LogP contribution in [0.4, 0.5) is 0 Å². The first-order chi connectivity index (χ1) is 6.75. The van der Waals surface area contributed by atoms with Gasteiger partial charge in [0.15, 0.2) is 0 Å². The second kappa shape index (κ2) is 3.77. The first-order valence-corrected chi connectivity index (χ1v) is 4.25. The Morgan fingerprint density at radius 1 is 1.57 bits per heavy atom. The molecular formula is C8H10N2O4. The highest BCUT2D eigenvalue weighted by Gasteiger charge is 2.19. The number of hydrogen-bond donors (Lipinski definition) is 2. The maximum atomic E-state index is 11.0. The molecule has 2 heterocycles. The van der Waals surface area contributed by atoms with Crippen LogP contribution < -0.4 is 5.56 Å². The first kappa shape index (κ1) is 9.17. The molecule has 1 aromatic rings. The van der Waals surface area contributed by atoms with Gasteiger partial charge in [0.05, 0.1) is 25.9 Å². The summed E-state index contributed by atoms with van der Waals surface area (Å²) in [5, 5.41) is 9.10. The number of aromatic hydroxyl groups is 1. The van der Waals surface area contributed by atoms with E-state index in [0.717, 1.165) is 6.07 Å². The highest BCUT2D eigenvalue weighted by molar-refractivity contribution is 5.08. The van der Waals surface area contributed by atoms with Gasteiger partial charge < -0.3 is 19.6 Å². The molecule has 0 aromatic carbocycles. The molecule has 6 heteroatoms. The van der Waals surface area contributed by atoms with Crippen LogP contribution in [0.15, 0.2) is 10.9 Å². The largest absolute Gasteiger partial charge is 0.493 e. The lowest BCUT2D eigenvalue weighted by atomic mass is 10.3. The molecule has 0 amide bonds. The third-order valence-corrected chi connectivity index (χ3v) is 1.87. The van der Waals surface area contributed by atoms with Crippen molar-refractivity contribution in [3.8, 4) is 5.88 Å². The van der Waals surface area contributed by atoms with E-state index in [1.54, 1.807) is 0 Å². The third kappa shape index (κ3) is 1.91. The molecule has 0 spiro atoms. The molecule has 1 fully saturated rings. The van der Waals surface area contributed by atoms with Gasteiger partial charge in [0.1, 0.15) is 11.9 Å². The fourth-order valence-electron chi connectivity index (χ4n) is 1.26. The lowest BCUT2D eigenvalue weighted by Gasteiger charge is -2.21. The minimum absolute atomic E-state index is 0.301. The predicted molar refractivity (Wildman–Crippen MR) is 46.0 cm³/mol. The predicted octanol–water partition coefficient (Wildman–Crippen LogP) is -0.437. The molecule has 1 aliphatic heterocycles. The van der Waals surface area contributed by atoms with Gasteiger partial charge in [-0.05, 0) is 0 Å². The van der Waals surface area contributed by atoms with E-state index in [1.165, 1.54) is 0 Å². The van der Waals surface area contributed by atoms with Crippen LogP contribution in [0.1, 0.15) is 11.9 Å². The van der Waals surface area contributed by atoms with E-state index in [1.807, 2.05) is 0 Å². The van der Waals surface area contributed by atoms with Gasteiger partial charge in [-0.25, -0.2) is 0 Å². The van der Waals surface area contributed by atoms with E-state index in [2.05, 4.69) is 9.97 Å². The third-order valence-electron chi connectivity index (χ3n) is 1.87. The Morgan fingerprint density at radius 2 is 2.43 bits per heavy atom. The Morgan fingerprint density at radius 3 is 3.07 bits per heavy atom. The Kier molecular flexibility index (Phi) is 2.47. The van der Waals surface area contributed by atoms with Gasteiger partial charge in [-0.2, -0.15) is 4.98 Å². The average Bonchev–Trinajstić information content (AvgIpc) is 2.18. The zero-order valence-corrected chi connectivity index (χ0v) is 7.40. The van der Waals surface area contributed by atoms with Gasteiger partial charge in [-0.1, -0.05) is 0 Å². The Balaban J connectivity index is 2.26. The quantitative estimate of drug-likeness (QED) is 0.639. The standard InChI is InChI=1S/C8H10N2O4/c11-6-3-7(12)10-8(9-6)5-4-13-1-2-14-5/h3,5H,1-2,4H2,(H2,9,10,11,12). The molecule has 1 unspecified atom stereocenters. The zero-order chi connectivity index (χ0) is 9.97. The maximum absolute atomic E-state index is 11.0. The topological polar surface area (TPSA) is 84.4 Å². The van der Waals surface area contributed by atoms with Gasteiger partial charge in [0.25, 0.3) is 5.56 Å². The highest BCUT2D eigenvalue weighted by Crippen LogP contribution is 2.16. The summed E-state index contributed by atoms with van der Waals surface area (Å²) in [4.78, 5) is 17.2. The number of rotatable bonds is 1. The summed E-state index contributed by atoms with van der Waals surface area (Å²) in [5.74, 6) is -0.00683. The van der Waals surface area contributed by atoms with Crippen LogP contribution in [0.2, 0.25) is 0 Å². The molecule has 0 radical (unpaired) electrons. The summed E-state index contributed by atoms with van der Waals surface area (Å²) in [6, 6.07) is 1.01. The summed E-state index contributed by atoms with van der Waals surface area (Å²) in [5.41, 5.74) is -0.401. The fraction of sp³-hybridized carbons (Fsp3) is 0.500. The molecule has 6 nitrogen and oxygen atoms in total. The van der Waals surface area contributed by atoms with Crippen molar-refractivity contribution in [2.45, 2.75) is 6.10 Å². The van der Waals surface area contributed by atoms with Crippen molar-refractivity contribution in [2.24, 2.45) is 0 Å². The van der Waals surface area contributed by atoms with Gasteiger partial charge in [-0.15, -0.1) is 0 Å². The van der Waals surface area contributed by atoms with Crippen LogP contribution in [-0.4, -0.2) is 34.9 Å². The van der Waals surface area contributed by atoms with Gasteiger partial charge in [0.2, 0.25) is 5.88 Å². The highest BCUT2D eigenvalue weighted by atomic mass is 16.6. The van der Waals surface area contributed by atoms with Crippen LogP contribution in [0, 0.1) is 0 Å². The minimum atomic E-state index is -0.401. The van der Waals surface area contributed by atoms with E-state index >= 15 is 0 Å². The van der Waals surface area contributed by atoms with Crippen LogP contribution in [0.25, 0.3) is 0 Å². The molecule has 2 N–H and O–H groups in total. The number of H-pyrrole nitrogens is 1. The monoisotopic (exact) mass is 198 g/mol. The number of nitrogens with one attached hydrogen (secondary N) is 1. The molecule has 0 aliphatic carbocycles. The van der Waals surface area contributed by atoms with E-state index in [0.29, 0.717) is 25.6 Å². The van der Waals surface area contributed by atoms with Gasteiger partial charge in [-0.3, -0.25) is 4.79 Å². The SMILES string of the molecule is O=c1cc(O)nc(C2COCCO2)[nH]1. The molecule has 0 bridgehead atoms. The van der Waals surface area contributed by atoms with E-state index in [4.69, 9.17) is 14.6 Å². The summed E-state index contributed by atoms with van der Waals surface area (Å²) in [6.07, 6.45) is -0.399. The smallest absolute Gasteiger partial charge is 0.254 e. The van der Waals surface area contributed by atoms with Crippen molar-refractivity contribution in [3.63, 3.8) is 0 Å². The number of nitrogens with zero attached hydrogens (tertiary/aromatic N) is 1. The summed E-state index contributed by atoms with van der Waals surface area (Å²) < 4.78 is 10.5. The van der Waals surface area contributed by atoms with Crippen molar-refractivity contribution in [3.05, 3.63) is 22.2 Å². The molecule has 1 aromatic heterocycles. The van der Waals surface area contributed by atoms with Crippen LogP contribution >= 0.6 is 0 Å². The number of ether oxygens (including phenoxy) is 2. The second-order valence-corrected chi connectivity index (χ2v) is 2.92. The van der Waals surface area contributed by atoms with Gasteiger partial charge in [0, 0.05) is 0 Å². The Bertz CT molecular complexity index is 370. The molecule has 2 rings (SSSR count). The van der Waals surface area contributed by atoms with Crippen molar-refractivity contribution in [1.82, 2.24) is 9.97 Å². The molecule has 0 saturated carbocycles. The van der Waals surface area contributed by atoms with Crippen molar-refractivity contribution in [1.29, 1.82) is 0 Å². The maximum Gasteiger partial charge on any atom is 0.254 e. The summed E-state index contributed by atoms with van der Waals surface area (Å²) in [6.45, 7) is 1.34. The minimum Gasteiger partial charge on any atom is -0.493 e. The van der Waals surface area contributed by atoms with Gasteiger partial charge >= 0.3 is 0 Å². The summed E-state index contributed by atoms with van der Waals surface area (Å²) >= 11 is 0. The van der Waals surface area contributed by atoms with Crippen molar-refractivity contribution >= 4 is 0 Å². The zero-order valence-electron chi connectivity index (χ0n) is 7.40. The van der Waals surface area contributed by atoms with Crippen LogP contribution in [0.3, 0.4) is 0 Å². The molecule has 76 valence electrons. The van der Waals surface area contributed by atoms with E-state index < -0.39 is 11.7 Å². The molecular weight excluding hydrogens is 188 g/mol. The average molecular weight is 198 g/mol. The van der Waals surface area contributed by atoms with Crippen molar-refractivity contribution < 1.29 is 14.6 Å². The molecule has 1 saturated heterocycles. The lowest BCUT2D eigenvalue weighted by Crippen LogP contribution is -2.25. The molecule has 1 atom stereocenters. The van der Waals surface area contributed by atoms with Crippen LogP contribution in [-0.2, 0) is 9.47 Å². The number of aromatic amines is 1. The second-order valence-electron chi connectivity index (χ2n) is 2.92. The number of aromatic nitrogens is 2. The van der Waals surface area contributed by atoms with Crippen molar-refractivity contribution in [2.75, 3.05) is 19.8 Å². The Labute approximate surface area is 79.5 Å². The van der Waals surface area contributed by atoms with Crippen LogP contribution in [0.5, 0.6) is 5.88 Å². The molecule has 14 heavy (non-hydrogen) atoms. The van der Waals surface area contributed by atoms with E-state index in [-0.39, 0.29) is 5.88 Å². The lowest BCUT2D eigenvalue weighted by molar-refractivity contribution is -0.0937. The molecule has 1 aliphatic rings. The Hall–Kier alpha value is -1.40. The normalized spacial score (nSPS) is 22.1. The van der Waals surface area contributed by atoms with E-state index in [9.17, 15) is 4.79 Å². The first-order valence-electron chi connectivity index (χ1n) is 4.25. The summed E-state index contributed by atoms with van der Waals surface area (Å²) in [7, 11) is 0.